The molecule has 2 N–H and O–H groups in total. The zero-order valence-corrected chi connectivity index (χ0v) is 12.0. The molecule has 1 saturated heterocycles. The third-order valence-corrected chi connectivity index (χ3v) is 5.05. The molecule has 3 aliphatic rings. The molecule has 21 heavy (non-hydrogen) atoms. The van der Waals surface area contributed by atoms with Crippen molar-refractivity contribution in [3.05, 3.63) is 41.0 Å². The molecular formula is C16H19F2N3. The first-order valence-electron chi connectivity index (χ1n) is 7.47. The van der Waals surface area contributed by atoms with Crippen LogP contribution in [0, 0.1) is 17.0 Å². The maximum Gasteiger partial charge on any atom is 0.132 e. The van der Waals surface area contributed by atoms with Crippen LogP contribution in [0.15, 0.2) is 23.8 Å². The third-order valence-electron chi connectivity index (χ3n) is 5.05. The fraction of sp³-hybridized carbons (Fsp3) is 0.500. The Balaban J connectivity index is 1.62. The lowest BCUT2D eigenvalue weighted by Gasteiger charge is -2.57. The minimum absolute atomic E-state index is 0.362. The highest BCUT2D eigenvalue weighted by molar-refractivity contribution is 5.69. The van der Waals surface area contributed by atoms with E-state index in [-0.39, 0.29) is 5.82 Å². The van der Waals surface area contributed by atoms with Crippen LogP contribution in [0.5, 0.6) is 0 Å². The molecule has 0 amide bonds. The molecule has 0 unspecified atom stereocenters. The SMILES string of the molecule is CC1=C(c2cc(F)ccc2F)N(C2CC3(CNC3)C2)NC1. The predicted octanol–water partition coefficient (Wildman–Crippen LogP) is 2.27. The zero-order valence-electron chi connectivity index (χ0n) is 12.0. The van der Waals surface area contributed by atoms with Gasteiger partial charge in [-0.3, -0.25) is 0 Å². The van der Waals surface area contributed by atoms with Crippen LogP contribution in [-0.4, -0.2) is 30.7 Å². The Morgan fingerprint density at radius 1 is 1.24 bits per heavy atom. The molecular weight excluding hydrogens is 272 g/mol. The Hall–Kier alpha value is -1.46. The summed E-state index contributed by atoms with van der Waals surface area (Å²) in [4.78, 5) is 0. The molecule has 2 fully saturated rings. The van der Waals surface area contributed by atoms with E-state index in [1.54, 1.807) is 0 Å². The van der Waals surface area contributed by atoms with Crippen LogP contribution < -0.4 is 10.7 Å². The molecule has 2 aliphatic heterocycles. The molecule has 0 bridgehead atoms. The van der Waals surface area contributed by atoms with Gasteiger partial charge in [0, 0.05) is 31.2 Å². The number of nitrogens with one attached hydrogen (secondary N) is 2. The van der Waals surface area contributed by atoms with Crippen LogP contribution in [0.4, 0.5) is 8.78 Å². The standard InChI is InChI=1S/C16H19F2N3/c1-10-7-20-21(12-5-16(6-12)8-19-9-16)15(10)13-4-11(17)2-3-14(13)18/h2-4,12,19-20H,5-9H2,1H3. The molecule has 5 heteroatoms. The van der Waals surface area contributed by atoms with Crippen molar-refractivity contribution in [2.45, 2.75) is 25.8 Å². The van der Waals surface area contributed by atoms with Gasteiger partial charge in [-0.1, -0.05) is 0 Å². The smallest absolute Gasteiger partial charge is 0.132 e. The van der Waals surface area contributed by atoms with E-state index < -0.39 is 5.82 Å². The number of hydrogen-bond donors (Lipinski definition) is 2. The summed E-state index contributed by atoms with van der Waals surface area (Å²) in [6, 6.07) is 4.05. The van der Waals surface area contributed by atoms with E-state index in [2.05, 4.69) is 15.8 Å². The summed E-state index contributed by atoms with van der Waals surface area (Å²) in [6.07, 6.45) is 2.22. The monoisotopic (exact) mass is 291 g/mol. The summed E-state index contributed by atoms with van der Waals surface area (Å²) in [5.41, 5.74) is 6.04. The van der Waals surface area contributed by atoms with Gasteiger partial charge in [-0.15, -0.1) is 0 Å². The van der Waals surface area contributed by atoms with Crippen molar-refractivity contribution in [1.29, 1.82) is 0 Å². The van der Waals surface area contributed by atoms with Crippen molar-refractivity contribution in [3.8, 4) is 0 Å². The van der Waals surface area contributed by atoms with E-state index in [1.165, 1.54) is 18.2 Å². The zero-order chi connectivity index (χ0) is 14.6. The van der Waals surface area contributed by atoms with Gasteiger partial charge < -0.3 is 10.3 Å². The van der Waals surface area contributed by atoms with Crippen molar-refractivity contribution in [2.24, 2.45) is 5.41 Å². The van der Waals surface area contributed by atoms with E-state index in [9.17, 15) is 8.78 Å². The second kappa shape index (κ2) is 4.52. The number of hydrazine groups is 1. The molecule has 0 atom stereocenters. The molecule has 0 aromatic heterocycles. The quantitative estimate of drug-likeness (QED) is 0.875. The van der Waals surface area contributed by atoms with Gasteiger partial charge in [0.2, 0.25) is 0 Å². The Labute approximate surface area is 123 Å². The number of rotatable bonds is 2. The van der Waals surface area contributed by atoms with Gasteiger partial charge >= 0.3 is 0 Å². The van der Waals surface area contributed by atoms with Crippen LogP contribution in [0.2, 0.25) is 0 Å². The number of benzene rings is 1. The normalized spacial score (nSPS) is 24.4. The van der Waals surface area contributed by atoms with Crippen molar-refractivity contribution in [3.63, 3.8) is 0 Å². The Morgan fingerprint density at radius 3 is 2.67 bits per heavy atom. The van der Waals surface area contributed by atoms with E-state index in [4.69, 9.17) is 0 Å². The average Bonchev–Trinajstić information content (AvgIpc) is 2.71. The molecule has 1 aliphatic carbocycles. The molecule has 4 rings (SSSR count). The summed E-state index contributed by atoms with van der Waals surface area (Å²) in [6.45, 7) is 4.85. The van der Waals surface area contributed by atoms with Crippen molar-refractivity contribution >= 4 is 5.70 Å². The van der Waals surface area contributed by atoms with Gasteiger partial charge in [0.15, 0.2) is 0 Å². The van der Waals surface area contributed by atoms with Crippen LogP contribution in [0.1, 0.15) is 25.3 Å². The summed E-state index contributed by atoms with van der Waals surface area (Å²) in [7, 11) is 0. The first-order chi connectivity index (χ1) is 10.1. The number of hydrogen-bond acceptors (Lipinski definition) is 3. The van der Waals surface area contributed by atoms with Gasteiger partial charge in [-0.2, -0.15) is 0 Å². The summed E-state index contributed by atoms with van der Waals surface area (Å²) < 4.78 is 27.6. The Kier molecular flexibility index (Phi) is 2.84. The first kappa shape index (κ1) is 13.2. The second-order valence-corrected chi connectivity index (χ2v) is 6.62. The van der Waals surface area contributed by atoms with Gasteiger partial charge in [-0.25, -0.2) is 14.2 Å². The Morgan fingerprint density at radius 2 is 2.00 bits per heavy atom. The summed E-state index contributed by atoms with van der Waals surface area (Å²) >= 11 is 0. The minimum atomic E-state index is -0.396. The first-order valence-corrected chi connectivity index (χ1v) is 7.47. The topological polar surface area (TPSA) is 27.3 Å². The largest absolute Gasteiger partial charge is 0.316 e. The lowest BCUT2D eigenvalue weighted by molar-refractivity contribution is -0.0262. The van der Waals surface area contributed by atoms with Gasteiger partial charge in [0.25, 0.3) is 0 Å². The van der Waals surface area contributed by atoms with Crippen LogP contribution in [0.3, 0.4) is 0 Å². The Bertz CT molecular complexity index is 614. The molecule has 3 nitrogen and oxygen atoms in total. The molecule has 1 aromatic carbocycles. The fourth-order valence-electron chi connectivity index (χ4n) is 3.81. The van der Waals surface area contributed by atoms with Gasteiger partial charge in [0.1, 0.15) is 11.6 Å². The van der Waals surface area contributed by atoms with Crippen molar-refractivity contribution < 1.29 is 8.78 Å². The number of nitrogens with zero attached hydrogens (tertiary/aromatic N) is 1. The molecule has 112 valence electrons. The highest BCUT2D eigenvalue weighted by Gasteiger charge is 2.51. The van der Waals surface area contributed by atoms with E-state index in [1.807, 2.05) is 6.92 Å². The lowest BCUT2D eigenvalue weighted by Crippen LogP contribution is -2.65. The fourth-order valence-corrected chi connectivity index (χ4v) is 3.81. The molecule has 2 heterocycles. The van der Waals surface area contributed by atoms with Crippen LogP contribution >= 0.6 is 0 Å². The maximum absolute atomic E-state index is 14.1. The van der Waals surface area contributed by atoms with Gasteiger partial charge in [-0.05, 0) is 49.0 Å². The third kappa shape index (κ3) is 1.99. The van der Waals surface area contributed by atoms with E-state index >= 15 is 0 Å². The van der Waals surface area contributed by atoms with Crippen LogP contribution in [-0.2, 0) is 0 Å². The minimum Gasteiger partial charge on any atom is -0.316 e. The highest BCUT2D eigenvalue weighted by atomic mass is 19.1. The summed E-state index contributed by atoms with van der Waals surface area (Å²) in [5.74, 6) is -0.759. The maximum atomic E-state index is 14.1. The predicted molar refractivity (Wildman–Crippen MR) is 77.1 cm³/mol. The molecule has 0 radical (unpaired) electrons. The van der Waals surface area contributed by atoms with E-state index in [0.29, 0.717) is 23.6 Å². The molecule has 1 spiro atoms. The van der Waals surface area contributed by atoms with Crippen molar-refractivity contribution in [1.82, 2.24) is 15.8 Å². The highest BCUT2D eigenvalue weighted by Crippen LogP contribution is 2.48. The molecule has 1 aromatic rings. The average molecular weight is 291 g/mol. The summed E-state index contributed by atoms with van der Waals surface area (Å²) in [5, 5.41) is 5.39. The number of halogens is 2. The molecule has 1 saturated carbocycles. The van der Waals surface area contributed by atoms with Crippen molar-refractivity contribution in [2.75, 3.05) is 19.6 Å². The van der Waals surface area contributed by atoms with Crippen LogP contribution in [0.25, 0.3) is 5.70 Å². The lowest BCUT2D eigenvalue weighted by atomic mass is 9.61. The van der Waals surface area contributed by atoms with E-state index in [0.717, 1.165) is 37.2 Å². The van der Waals surface area contributed by atoms with Gasteiger partial charge in [0.05, 0.1) is 5.70 Å². The second-order valence-electron chi connectivity index (χ2n) is 6.62.